The standard InChI is InChI=1S/C24H27N3O5/c1-15(2)32-14-13-27-23(29)21(19-7-5-6-8-20(19)31-4)22(24(27)30)26-18-11-9-17(10-12-18)25-16(3)28/h5-12,15,26H,13-14H2,1-4H3,(H,25,28). The predicted octanol–water partition coefficient (Wildman–Crippen LogP) is 3.27. The van der Waals surface area contributed by atoms with Crippen LogP contribution in [0.15, 0.2) is 54.2 Å². The highest BCUT2D eigenvalue weighted by Gasteiger charge is 2.40. The van der Waals surface area contributed by atoms with Crippen molar-refractivity contribution in [3.63, 3.8) is 0 Å². The first-order chi connectivity index (χ1) is 15.3. The molecule has 32 heavy (non-hydrogen) atoms. The number of hydrogen-bond donors (Lipinski definition) is 2. The van der Waals surface area contributed by atoms with E-state index in [1.54, 1.807) is 48.5 Å². The van der Waals surface area contributed by atoms with Crippen LogP contribution in [0.25, 0.3) is 5.57 Å². The molecule has 168 valence electrons. The SMILES string of the molecule is COc1ccccc1C1=C(Nc2ccc(NC(C)=O)cc2)C(=O)N(CCOC(C)C)C1=O. The number of hydrogen-bond acceptors (Lipinski definition) is 6. The van der Waals surface area contributed by atoms with Gasteiger partial charge in [0.15, 0.2) is 0 Å². The topological polar surface area (TPSA) is 97.0 Å². The summed E-state index contributed by atoms with van der Waals surface area (Å²) in [7, 11) is 1.52. The van der Waals surface area contributed by atoms with Crippen LogP contribution in [0.4, 0.5) is 11.4 Å². The highest BCUT2D eigenvalue weighted by atomic mass is 16.5. The van der Waals surface area contributed by atoms with Gasteiger partial charge in [-0.25, -0.2) is 0 Å². The molecule has 8 nitrogen and oxygen atoms in total. The number of nitrogens with one attached hydrogen (secondary N) is 2. The van der Waals surface area contributed by atoms with Gasteiger partial charge in [0, 0.05) is 23.9 Å². The second-order valence-corrected chi connectivity index (χ2v) is 7.52. The molecule has 0 unspecified atom stereocenters. The van der Waals surface area contributed by atoms with E-state index in [-0.39, 0.29) is 36.4 Å². The highest BCUT2D eigenvalue weighted by Crippen LogP contribution is 2.35. The number of ether oxygens (including phenoxy) is 2. The number of methoxy groups -OCH3 is 1. The molecule has 1 heterocycles. The molecule has 1 aliphatic heterocycles. The van der Waals surface area contributed by atoms with E-state index in [0.29, 0.717) is 22.7 Å². The molecule has 0 saturated carbocycles. The van der Waals surface area contributed by atoms with E-state index in [1.165, 1.54) is 18.9 Å². The lowest BCUT2D eigenvalue weighted by molar-refractivity contribution is -0.138. The molecule has 0 radical (unpaired) electrons. The van der Waals surface area contributed by atoms with Crippen LogP contribution in [0, 0.1) is 0 Å². The maximum Gasteiger partial charge on any atom is 0.278 e. The highest BCUT2D eigenvalue weighted by molar-refractivity contribution is 6.37. The third kappa shape index (κ3) is 5.15. The van der Waals surface area contributed by atoms with E-state index in [2.05, 4.69) is 10.6 Å². The van der Waals surface area contributed by atoms with Crippen molar-refractivity contribution in [2.75, 3.05) is 30.9 Å². The van der Waals surface area contributed by atoms with E-state index in [1.807, 2.05) is 13.8 Å². The van der Waals surface area contributed by atoms with Crippen LogP contribution < -0.4 is 15.4 Å². The molecule has 2 aromatic rings. The Morgan fingerprint density at radius 1 is 1.00 bits per heavy atom. The van der Waals surface area contributed by atoms with Crippen molar-refractivity contribution in [3.8, 4) is 5.75 Å². The van der Waals surface area contributed by atoms with Gasteiger partial charge in [0.25, 0.3) is 11.8 Å². The third-order valence-electron chi connectivity index (χ3n) is 4.79. The van der Waals surface area contributed by atoms with Crippen LogP contribution in [0.1, 0.15) is 26.3 Å². The Morgan fingerprint density at radius 2 is 1.66 bits per heavy atom. The van der Waals surface area contributed by atoms with Crippen molar-refractivity contribution in [1.82, 2.24) is 4.90 Å². The van der Waals surface area contributed by atoms with Gasteiger partial charge in [0.1, 0.15) is 11.4 Å². The summed E-state index contributed by atoms with van der Waals surface area (Å²) in [4.78, 5) is 38.9. The zero-order valence-corrected chi connectivity index (χ0v) is 18.6. The summed E-state index contributed by atoms with van der Waals surface area (Å²) < 4.78 is 11.0. The number of anilines is 2. The van der Waals surface area contributed by atoms with E-state index in [9.17, 15) is 14.4 Å². The maximum atomic E-state index is 13.3. The van der Waals surface area contributed by atoms with Crippen molar-refractivity contribution in [3.05, 3.63) is 59.8 Å². The Bertz CT molecular complexity index is 1040. The van der Waals surface area contributed by atoms with Gasteiger partial charge in [-0.3, -0.25) is 19.3 Å². The second kappa shape index (κ2) is 10.1. The molecule has 0 aliphatic carbocycles. The lowest BCUT2D eigenvalue weighted by Crippen LogP contribution is -2.35. The van der Waals surface area contributed by atoms with Gasteiger partial charge in [0.2, 0.25) is 5.91 Å². The van der Waals surface area contributed by atoms with Gasteiger partial charge in [-0.1, -0.05) is 18.2 Å². The predicted molar refractivity (Wildman–Crippen MR) is 122 cm³/mol. The number of imide groups is 1. The van der Waals surface area contributed by atoms with Gasteiger partial charge >= 0.3 is 0 Å². The summed E-state index contributed by atoms with van der Waals surface area (Å²) in [6.07, 6.45) is -0.0100. The van der Waals surface area contributed by atoms with Crippen LogP contribution in [0.3, 0.4) is 0 Å². The number of benzene rings is 2. The van der Waals surface area contributed by atoms with Crippen molar-refractivity contribution in [1.29, 1.82) is 0 Å². The molecular formula is C24H27N3O5. The first-order valence-electron chi connectivity index (χ1n) is 10.3. The van der Waals surface area contributed by atoms with Crippen molar-refractivity contribution >= 4 is 34.7 Å². The van der Waals surface area contributed by atoms with Gasteiger partial charge in [0.05, 0.1) is 31.9 Å². The smallest absolute Gasteiger partial charge is 0.278 e. The number of para-hydroxylation sites is 1. The van der Waals surface area contributed by atoms with Crippen LogP contribution in [0.2, 0.25) is 0 Å². The summed E-state index contributed by atoms with van der Waals surface area (Å²) in [5.41, 5.74) is 2.16. The number of carbonyl (C=O) groups excluding carboxylic acids is 3. The fourth-order valence-corrected chi connectivity index (χ4v) is 3.36. The monoisotopic (exact) mass is 437 g/mol. The quantitative estimate of drug-likeness (QED) is 0.585. The first-order valence-corrected chi connectivity index (χ1v) is 10.3. The minimum absolute atomic E-state index is 0.0100. The second-order valence-electron chi connectivity index (χ2n) is 7.52. The van der Waals surface area contributed by atoms with E-state index in [0.717, 1.165) is 0 Å². The minimum Gasteiger partial charge on any atom is -0.496 e. The average molecular weight is 437 g/mol. The molecule has 3 rings (SSSR count). The summed E-state index contributed by atoms with van der Waals surface area (Å²) in [5, 5.41) is 5.78. The first kappa shape index (κ1) is 23.0. The molecule has 3 amide bonds. The minimum atomic E-state index is -0.436. The molecule has 0 spiro atoms. The Kier molecular flexibility index (Phi) is 7.27. The molecule has 1 aliphatic rings. The Hall–Kier alpha value is -3.65. The third-order valence-corrected chi connectivity index (χ3v) is 4.79. The van der Waals surface area contributed by atoms with Crippen LogP contribution >= 0.6 is 0 Å². The van der Waals surface area contributed by atoms with E-state index >= 15 is 0 Å². The number of nitrogens with zero attached hydrogens (tertiary/aromatic N) is 1. The molecule has 8 heteroatoms. The molecule has 0 atom stereocenters. The fourth-order valence-electron chi connectivity index (χ4n) is 3.36. The molecule has 0 aromatic heterocycles. The zero-order chi connectivity index (χ0) is 23.3. The van der Waals surface area contributed by atoms with Gasteiger partial charge < -0.3 is 20.1 Å². The number of carbonyl (C=O) groups is 3. The van der Waals surface area contributed by atoms with Crippen molar-refractivity contribution in [2.45, 2.75) is 26.9 Å². The molecule has 2 N–H and O–H groups in total. The normalized spacial score (nSPS) is 13.7. The van der Waals surface area contributed by atoms with E-state index in [4.69, 9.17) is 9.47 Å². The number of rotatable bonds is 9. The van der Waals surface area contributed by atoms with E-state index < -0.39 is 11.8 Å². The summed E-state index contributed by atoms with van der Waals surface area (Å²) >= 11 is 0. The largest absolute Gasteiger partial charge is 0.496 e. The molecule has 0 bridgehead atoms. The summed E-state index contributed by atoms with van der Waals surface area (Å²) in [5.74, 6) is -0.537. The van der Waals surface area contributed by atoms with Gasteiger partial charge in [-0.15, -0.1) is 0 Å². The Morgan fingerprint density at radius 3 is 2.28 bits per heavy atom. The lowest BCUT2D eigenvalue weighted by atomic mass is 10.0. The fraction of sp³-hybridized carbons (Fsp3) is 0.292. The van der Waals surface area contributed by atoms with Gasteiger partial charge in [-0.05, 0) is 44.2 Å². The molecule has 2 aromatic carbocycles. The summed E-state index contributed by atoms with van der Waals surface area (Å²) in [6.45, 7) is 5.60. The van der Waals surface area contributed by atoms with Crippen LogP contribution in [-0.4, -0.2) is 49.0 Å². The Labute approximate surface area is 187 Å². The summed E-state index contributed by atoms with van der Waals surface area (Å²) in [6, 6.07) is 13.9. The van der Waals surface area contributed by atoms with Crippen molar-refractivity contribution in [2.24, 2.45) is 0 Å². The lowest BCUT2D eigenvalue weighted by Gasteiger charge is -2.16. The van der Waals surface area contributed by atoms with Crippen LogP contribution in [-0.2, 0) is 19.1 Å². The van der Waals surface area contributed by atoms with Crippen LogP contribution in [0.5, 0.6) is 5.75 Å². The number of amides is 3. The van der Waals surface area contributed by atoms with Crippen molar-refractivity contribution < 1.29 is 23.9 Å². The molecule has 0 saturated heterocycles. The maximum absolute atomic E-state index is 13.3. The van der Waals surface area contributed by atoms with Gasteiger partial charge in [-0.2, -0.15) is 0 Å². The molecule has 0 fully saturated rings. The molecular weight excluding hydrogens is 410 g/mol. The average Bonchev–Trinajstić information content (AvgIpc) is 2.98. The Balaban J connectivity index is 1.96. The zero-order valence-electron chi connectivity index (χ0n) is 18.6.